The number of carbonyl (C=O) groups excluding carboxylic acids is 1. The van der Waals surface area contributed by atoms with Gasteiger partial charge in [-0.05, 0) is 36.6 Å². The maximum absolute atomic E-state index is 12.4. The van der Waals surface area contributed by atoms with E-state index in [4.69, 9.17) is 4.74 Å². The highest BCUT2D eigenvalue weighted by atomic mass is 32.1. The summed E-state index contributed by atoms with van der Waals surface area (Å²) >= 11 is 1.51. The van der Waals surface area contributed by atoms with Gasteiger partial charge < -0.3 is 10.1 Å². The number of piperidine rings is 1. The van der Waals surface area contributed by atoms with Crippen LogP contribution in [0.15, 0.2) is 42.5 Å². The van der Waals surface area contributed by atoms with E-state index in [1.807, 2.05) is 42.5 Å². The summed E-state index contributed by atoms with van der Waals surface area (Å²) in [5.41, 5.74) is 2.10. The molecule has 9 heteroatoms. The first-order valence-corrected chi connectivity index (χ1v) is 10.9. The number of allylic oxidation sites excluding steroid dienone is 3. The number of benzene rings is 1. The first kappa shape index (κ1) is 21.6. The Kier molecular flexibility index (Phi) is 6.43. The molecule has 1 fully saturated rings. The third-order valence-corrected chi connectivity index (χ3v) is 6.17. The van der Waals surface area contributed by atoms with Crippen LogP contribution in [0.4, 0.5) is 13.2 Å². The normalized spacial score (nSPS) is 17.3. The third-order valence-electron chi connectivity index (χ3n) is 5.23. The Morgan fingerprint density at radius 3 is 2.65 bits per heavy atom. The Morgan fingerprint density at radius 1 is 1.19 bits per heavy atom. The fourth-order valence-corrected chi connectivity index (χ4v) is 4.46. The minimum absolute atomic E-state index is 0.431. The average molecular weight is 449 g/mol. The summed E-state index contributed by atoms with van der Waals surface area (Å²) in [4.78, 5) is 18.9. The highest BCUT2D eigenvalue weighted by Gasteiger charge is 2.40. The summed E-state index contributed by atoms with van der Waals surface area (Å²) in [7, 11) is 0. The summed E-state index contributed by atoms with van der Waals surface area (Å²) in [6, 6.07) is 7.32. The lowest BCUT2D eigenvalue weighted by Gasteiger charge is -2.32. The number of likely N-dealkylation sites (tertiary alicyclic amines) is 1. The Labute approximate surface area is 182 Å². The lowest BCUT2D eigenvalue weighted by atomic mass is 10.0. The van der Waals surface area contributed by atoms with Gasteiger partial charge >= 0.3 is 12.1 Å². The van der Waals surface area contributed by atoms with Gasteiger partial charge in [0, 0.05) is 32.1 Å². The predicted octanol–water partition coefficient (Wildman–Crippen LogP) is 4.70. The largest absolute Gasteiger partial charge is 0.471 e. The molecule has 1 N–H and O–H groups in total. The number of alkyl halides is 3. The number of fused-ring (bicyclic) bond motifs is 1. The van der Waals surface area contributed by atoms with Crippen LogP contribution in [0.25, 0.3) is 6.08 Å². The van der Waals surface area contributed by atoms with Gasteiger partial charge in [-0.1, -0.05) is 41.7 Å². The molecule has 0 saturated carbocycles. The number of aromatic nitrogens is 1. The quantitative estimate of drug-likeness (QED) is 0.719. The molecule has 1 aliphatic heterocycles. The van der Waals surface area contributed by atoms with Gasteiger partial charge in [-0.2, -0.15) is 13.2 Å². The zero-order valence-electron chi connectivity index (χ0n) is 16.7. The number of nitrogens with zero attached hydrogens (tertiary/aromatic N) is 2. The molecule has 1 saturated heterocycles. The van der Waals surface area contributed by atoms with Crippen molar-refractivity contribution in [2.24, 2.45) is 0 Å². The van der Waals surface area contributed by atoms with Crippen molar-refractivity contribution in [2.45, 2.75) is 38.0 Å². The van der Waals surface area contributed by atoms with Crippen LogP contribution < -0.4 is 10.1 Å². The fourth-order valence-electron chi connectivity index (χ4n) is 3.59. The van der Waals surface area contributed by atoms with Gasteiger partial charge in [0.05, 0.1) is 10.6 Å². The smallest absolute Gasteiger partial charge is 0.431 e. The highest BCUT2D eigenvalue weighted by Crippen LogP contribution is 2.32. The second-order valence-corrected chi connectivity index (χ2v) is 8.54. The molecule has 0 atom stereocenters. The number of rotatable bonds is 5. The van der Waals surface area contributed by atoms with Crippen LogP contribution in [-0.2, 0) is 17.8 Å². The Balaban J connectivity index is 1.26. The first-order valence-electron chi connectivity index (χ1n) is 10.1. The Hall–Kier alpha value is -2.65. The van der Waals surface area contributed by atoms with Crippen molar-refractivity contribution in [3.05, 3.63) is 58.6 Å². The first-order chi connectivity index (χ1) is 14.9. The van der Waals surface area contributed by atoms with E-state index in [-0.39, 0.29) is 0 Å². The van der Waals surface area contributed by atoms with Crippen LogP contribution >= 0.6 is 11.3 Å². The van der Waals surface area contributed by atoms with Crippen LogP contribution in [0.3, 0.4) is 0 Å². The zero-order valence-corrected chi connectivity index (χ0v) is 17.5. The molecule has 164 valence electrons. The van der Waals surface area contributed by atoms with Gasteiger partial charge in [-0.15, -0.1) is 0 Å². The summed E-state index contributed by atoms with van der Waals surface area (Å²) in [5, 5.41) is 2.69. The SMILES string of the molecule is O=C(NC1CCN(Cc2ccc(Oc3nc4c(s3)C=CC=CC4)cc2)CC1)C(F)(F)F. The number of halogens is 3. The standard InChI is InChI=1S/C22H22F3N3O2S/c23-22(24,25)20(29)26-16-10-12-28(13-11-16)14-15-6-8-17(9-7-15)30-21-27-18-4-2-1-3-5-19(18)31-21/h1-3,5-9,16H,4,10-14H2,(H,26,29). The molecule has 5 nitrogen and oxygen atoms in total. The van der Waals surface area contributed by atoms with Gasteiger partial charge in [0.2, 0.25) is 0 Å². The van der Waals surface area contributed by atoms with E-state index in [1.54, 1.807) is 0 Å². The third kappa shape index (κ3) is 5.74. The van der Waals surface area contributed by atoms with Crippen LogP contribution in [-0.4, -0.2) is 41.1 Å². The molecular weight excluding hydrogens is 427 g/mol. The molecule has 4 rings (SSSR count). The number of carbonyl (C=O) groups is 1. The molecular formula is C22H22F3N3O2S. The molecule has 31 heavy (non-hydrogen) atoms. The summed E-state index contributed by atoms with van der Waals surface area (Å²) in [6.45, 7) is 1.96. The van der Waals surface area contributed by atoms with Crippen LogP contribution in [0.2, 0.25) is 0 Å². The van der Waals surface area contributed by atoms with E-state index in [0.717, 1.165) is 22.6 Å². The van der Waals surface area contributed by atoms with Gasteiger partial charge in [0.25, 0.3) is 5.19 Å². The molecule has 1 aromatic heterocycles. The van der Waals surface area contributed by atoms with Crippen molar-refractivity contribution in [1.29, 1.82) is 0 Å². The van der Waals surface area contributed by atoms with Crippen molar-refractivity contribution in [2.75, 3.05) is 13.1 Å². The second kappa shape index (κ2) is 9.23. The minimum atomic E-state index is -4.83. The van der Waals surface area contributed by atoms with Gasteiger partial charge in [-0.3, -0.25) is 9.69 Å². The average Bonchev–Trinajstić information content (AvgIpc) is 2.98. The van der Waals surface area contributed by atoms with Crippen molar-refractivity contribution >= 4 is 23.3 Å². The number of hydrogen-bond donors (Lipinski definition) is 1. The number of ether oxygens (including phenoxy) is 1. The van der Waals surface area contributed by atoms with E-state index in [9.17, 15) is 18.0 Å². The fraction of sp³-hybridized carbons (Fsp3) is 0.364. The monoisotopic (exact) mass is 449 g/mol. The van der Waals surface area contributed by atoms with E-state index in [0.29, 0.717) is 43.4 Å². The van der Waals surface area contributed by atoms with Gasteiger partial charge in [0.15, 0.2) is 0 Å². The second-order valence-electron chi connectivity index (χ2n) is 7.55. The van der Waals surface area contributed by atoms with Crippen molar-refractivity contribution in [1.82, 2.24) is 15.2 Å². The van der Waals surface area contributed by atoms with Crippen LogP contribution in [0, 0.1) is 0 Å². The van der Waals surface area contributed by atoms with E-state index in [2.05, 4.69) is 21.3 Å². The number of amides is 1. The van der Waals surface area contributed by atoms with E-state index in [1.165, 1.54) is 11.3 Å². The molecule has 2 aliphatic rings. The van der Waals surface area contributed by atoms with Crippen LogP contribution in [0.1, 0.15) is 29.0 Å². The molecule has 0 bridgehead atoms. The molecule has 0 spiro atoms. The number of hydrogen-bond acceptors (Lipinski definition) is 5. The number of nitrogens with one attached hydrogen (secondary N) is 1. The van der Waals surface area contributed by atoms with Crippen LogP contribution in [0.5, 0.6) is 10.9 Å². The maximum Gasteiger partial charge on any atom is 0.471 e. The summed E-state index contributed by atoms with van der Waals surface area (Å²) in [6.07, 6.45) is 5.06. The molecule has 0 radical (unpaired) electrons. The van der Waals surface area contributed by atoms with Crippen molar-refractivity contribution in [3.63, 3.8) is 0 Å². The summed E-state index contributed by atoms with van der Waals surface area (Å²) < 4.78 is 43.0. The highest BCUT2D eigenvalue weighted by molar-refractivity contribution is 7.14. The lowest BCUT2D eigenvalue weighted by molar-refractivity contribution is -0.174. The van der Waals surface area contributed by atoms with Gasteiger partial charge in [0.1, 0.15) is 5.75 Å². The molecule has 0 unspecified atom stereocenters. The topological polar surface area (TPSA) is 54.5 Å². The molecule has 1 aliphatic carbocycles. The van der Waals surface area contributed by atoms with Gasteiger partial charge in [-0.25, -0.2) is 4.98 Å². The number of thiazole rings is 1. The Morgan fingerprint density at radius 2 is 1.94 bits per heavy atom. The zero-order chi connectivity index (χ0) is 21.8. The van der Waals surface area contributed by atoms with Crippen molar-refractivity contribution < 1.29 is 22.7 Å². The molecule has 1 amide bonds. The molecule has 2 aromatic rings. The lowest BCUT2D eigenvalue weighted by Crippen LogP contribution is -2.48. The molecule has 2 heterocycles. The van der Waals surface area contributed by atoms with Crippen molar-refractivity contribution in [3.8, 4) is 10.9 Å². The minimum Gasteiger partial charge on any atom is -0.431 e. The van der Waals surface area contributed by atoms with E-state index >= 15 is 0 Å². The predicted molar refractivity (Wildman–Crippen MR) is 113 cm³/mol. The van der Waals surface area contributed by atoms with E-state index < -0.39 is 18.1 Å². The maximum atomic E-state index is 12.4. The Bertz CT molecular complexity index is 975. The molecule has 1 aromatic carbocycles. The summed E-state index contributed by atoms with van der Waals surface area (Å²) in [5.74, 6) is -1.15.